The predicted octanol–water partition coefficient (Wildman–Crippen LogP) is 1.15. The van der Waals surface area contributed by atoms with Crippen molar-refractivity contribution in [3.05, 3.63) is 24.3 Å². The molecule has 18 heavy (non-hydrogen) atoms. The molecule has 1 heterocycles. The van der Waals surface area contributed by atoms with E-state index in [1.54, 1.807) is 12.1 Å². The summed E-state index contributed by atoms with van der Waals surface area (Å²) in [6.07, 6.45) is 1.13. The molecule has 5 nitrogen and oxygen atoms in total. The van der Waals surface area contributed by atoms with E-state index in [1.807, 2.05) is 6.92 Å². The second-order valence-corrected chi connectivity index (χ2v) is 5.92. The molecule has 0 aromatic heterocycles. The summed E-state index contributed by atoms with van der Waals surface area (Å²) in [5.41, 5.74) is 0. The lowest BCUT2D eigenvalue weighted by Gasteiger charge is -2.06. The van der Waals surface area contributed by atoms with Gasteiger partial charge in [-0.3, -0.25) is 0 Å². The van der Waals surface area contributed by atoms with Crippen molar-refractivity contribution in [2.45, 2.75) is 30.4 Å². The lowest BCUT2D eigenvalue weighted by atomic mass is 10.3. The first-order valence-corrected chi connectivity index (χ1v) is 7.34. The van der Waals surface area contributed by atoms with Gasteiger partial charge in [0.2, 0.25) is 10.0 Å². The Labute approximate surface area is 107 Å². The highest BCUT2D eigenvalue weighted by Gasteiger charge is 2.37. The van der Waals surface area contributed by atoms with Crippen LogP contribution in [0.15, 0.2) is 29.2 Å². The number of rotatable bonds is 6. The topological polar surface area (TPSA) is 67.9 Å². The summed E-state index contributed by atoms with van der Waals surface area (Å²) in [6.45, 7) is 2.34. The van der Waals surface area contributed by atoms with Crippen LogP contribution in [0.1, 0.15) is 13.3 Å². The molecule has 2 rings (SSSR count). The first kappa shape index (κ1) is 13.3. The van der Waals surface area contributed by atoms with E-state index in [4.69, 9.17) is 9.47 Å². The van der Waals surface area contributed by atoms with E-state index in [0.29, 0.717) is 12.3 Å². The Balaban J connectivity index is 1.97. The van der Waals surface area contributed by atoms with E-state index in [2.05, 4.69) is 4.72 Å². The van der Waals surface area contributed by atoms with E-state index in [1.165, 1.54) is 19.2 Å². The third-order valence-corrected chi connectivity index (χ3v) is 4.37. The fourth-order valence-electron chi connectivity index (χ4n) is 1.75. The monoisotopic (exact) mass is 271 g/mol. The van der Waals surface area contributed by atoms with Crippen molar-refractivity contribution >= 4 is 10.0 Å². The van der Waals surface area contributed by atoms with Crippen molar-refractivity contribution in [2.75, 3.05) is 13.7 Å². The van der Waals surface area contributed by atoms with Crippen molar-refractivity contribution in [3.8, 4) is 5.75 Å². The summed E-state index contributed by atoms with van der Waals surface area (Å²) in [5, 5.41) is 0. The van der Waals surface area contributed by atoms with Crippen LogP contribution in [0.2, 0.25) is 0 Å². The molecule has 0 bridgehead atoms. The van der Waals surface area contributed by atoms with Gasteiger partial charge in [-0.1, -0.05) is 6.92 Å². The summed E-state index contributed by atoms with van der Waals surface area (Å²) < 4.78 is 36.7. The zero-order valence-corrected chi connectivity index (χ0v) is 11.2. The standard InChI is InChI=1S/C12H17NO4S/c1-3-11-12(17-11)8-13-18(14,15)10-6-4-9(16-2)5-7-10/h4-7,11-13H,3,8H2,1-2H3. The molecule has 1 aliphatic rings. The van der Waals surface area contributed by atoms with E-state index >= 15 is 0 Å². The van der Waals surface area contributed by atoms with Gasteiger partial charge in [-0.15, -0.1) is 0 Å². The van der Waals surface area contributed by atoms with Crippen LogP contribution in [-0.4, -0.2) is 34.3 Å². The maximum Gasteiger partial charge on any atom is 0.240 e. The molecule has 2 unspecified atom stereocenters. The van der Waals surface area contributed by atoms with Crippen molar-refractivity contribution in [1.29, 1.82) is 0 Å². The molecule has 1 aromatic rings. The molecule has 0 amide bonds. The van der Waals surface area contributed by atoms with Crippen LogP contribution in [0, 0.1) is 0 Å². The summed E-state index contributed by atoms with van der Waals surface area (Å²) in [6, 6.07) is 6.28. The molecule has 1 aromatic carbocycles. The van der Waals surface area contributed by atoms with Gasteiger partial charge in [0.05, 0.1) is 24.2 Å². The molecule has 0 aliphatic carbocycles. The SMILES string of the molecule is CCC1OC1CNS(=O)(=O)c1ccc(OC)cc1. The van der Waals surface area contributed by atoms with Gasteiger partial charge in [0.1, 0.15) is 5.75 Å². The summed E-state index contributed by atoms with van der Waals surface area (Å²) in [4.78, 5) is 0.233. The summed E-state index contributed by atoms with van der Waals surface area (Å²) in [7, 11) is -1.92. The largest absolute Gasteiger partial charge is 0.497 e. The Morgan fingerprint density at radius 2 is 1.94 bits per heavy atom. The molecule has 1 N–H and O–H groups in total. The molecule has 1 aliphatic heterocycles. The molecule has 6 heteroatoms. The second-order valence-electron chi connectivity index (χ2n) is 4.15. The molecule has 1 saturated heterocycles. The summed E-state index contributed by atoms with van der Waals surface area (Å²) >= 11 is 0. The number of hydrogen-bond donors (Lipinski definition) is 1. The van der Waals surface area contributed by atoms with Crippen LogP contribution in [0.25, 0.3) is 0 Å². The van der Waals surface area contributed by atoms with Gasteiger partial charge in [-0.2, -0.15) is 0 Å². The maximum atomic E-state index is 12.0. The lowest BCUT2D eigenvalue weighted by Crippen LogP contribution is -2.28. The molecule has 2 atom stereocenters. The first-order chi connectivity index (χ1) is 8.56. The van der Waals surface area contributed by atoms with Crippen LogP contribution in [0.5, 0.6) is 5.75 Å². The van der Waals surface area contributed by atoms with E-state index in [-0.39, 0.29) is 17.1 Å². The van der Waals surface area contributed by atoms with Gasteiger partial charge >= 0.3 is 0 Å². The van der Waals surface area contributed by atoms with E-state index in [9.17, 15) is 8.42 Å². The molecule has 100 valence electrons. The van der Waals surface area contributed by atoms with Gasteiger partial charge in [-0.25, -0.2) is 13.1 Å². The third-order valence-electron chi connectivity index (χ3n) is 2.93. The van der Waals surface area contributed by atoms with Crippen LogP contribution in [0.3, 0.4) is 0 Å². The number of nitrogens with one attached hydrogen (secondary N) is 1. The minimum Gasteiger partial charge on any atom is -0.497 e. The fraction of sp³-hybridized carbons (Fsp3) is 0.500. The average molecular weight is 271 g/mol. The molecule has 0 radical (unpaired) electrons. The normalized spacial score (nSPS) is 22.8. The van der Waals surface area contributed by atoms with Gasteiger partial charge in [0.15, 0.2) is 0 Å². The van der Waals surface area contributed by atoms with E-state index in [0.717, 1.165) is 6.42 Å². The quantitative estimate of drug-likeness (QED) is 0.788. The highest BCUT2D eigenvalue weighted by molar-refractivity contribution is 7.89. The minimum absolute atomic E-state index is 0.0167. The van der Waals surface area contributed by atoms with Crippen molar-refractivity contribution in [3.63, 3.8) is 0 Å². The van der Waals surface area contributed by atoms with Crippen LogP contribution in [0.4, 0.5) is 0 Å². The van der Waals surface area contributed by atoms with Crippen LogP contribution in [-0.2, 0) is 14.8 Å². The van der Waals surface area contributed by atoms with Crippen LogP contribution < -0.4 is 9.46 Å². The van der Waals surface area contributed by atoms with E-state index < -0.39 is 10.0 Å². The Kier molecular flexibility index (Phi) is 3.89. The van der Waals surface area contributed by atoms with Gasteiger partial charge in [0.25, 0.3) is 0 Å². The average Bonchev–Trinajstić information content (AvgIpc) is 3.15. The van der Waals surface area contributed by atoms with Crippen LogP contribution >= 0.6 is 0 Å². The van der Waals surface area contributed by atoms with Crippen molar-refractivity contribution in [1.82, 2.24) is 4.72 Å². The van der Waals surface area contributed by atoms with Gasteiger partial charge in [0, 0.05) is 6.54 Å². The Bertz CT molecular complexity index is 497. The Morgan fingerprint density at radius 1 is 1.28 bits per heavy atom. The minimum atomic E-state index is -3.46. The number of benzene rings is 1. The highest BCUT2D eigenvalue weighted by Crippen LogP contribution is 2.24. The Hall–Kier alpha value is -1.11. The fourth-order valence-corrected chi connectivity index (χ4v) is 2.79. The Morgan fingerprint density at radius 3 is 2.44 bits per heavy atom. The highest BCUT2D eigenvalue weighted by atomic mass is 32.2. The maximum absolute atomic E-state index is 12.0. The number of sulfonamides is 1. The van der Waals surface area contributed by atoms with Gasteiger partial charge < -0.3 is 9.47 Å². The molecular formula is C12H17NO4S. The smallest absolute Gasteiger partial charge is 0.240 e. The lowest BCUT2D eigenvalue weighted by molar-refractivity contribution is 0.366. The van der Waals surface area contributed by atoms with Crippen molar-refractivity contribution < 1.29 is 17.9 Å². The third kappa shape index (κ3) is 3.01. The number of methoxy groups -OCH3 is 1. The summed E-state index contributed by atoms with van der Waals surface area (Å²) in [5.74, 6) is 0.630. The predicted molar refractivity (Wildman–Crippen MR) is 67.1 cm³/mol. The molecular weight excluding hydrogens is 254 g/mol. The zero-order chi connectivity index (χ0) is 13.2. The number of ether oxygens (including phenoxy) is 2. The van der Waals surface area contributed by atoms with Crippen molar-refractivity contribution in [2.24, 2.45) is 0 Å². The number of epoxide rings is 1. The first-order valence-electron chi connectivity index (χ1n) is 5.86. The molecule has 0 spiro atoms. The second kappa shape index (κ2) is 5.26. The molecule has 0 saturated carbocycles. The molecule has 1 fully saturated rings. The zero-order valence-electron chi connectivity index (χ0n) is 10.4. The van der Waals surface area contributed by atoms with Gasteiger partial charge in [-0.05, 0) is 30.7 Å². The number of hydrogen-bond acceptors (Lipinski definition) is 4.